The van der Waals surface area contributed by atoms with E-state index in [0.29, 0.717) is 5.41 Å². The van der Waals surface area contributed by atoms with Gasteiger partial charge in [-0.3, -0.25) is 4.79 Å². The van der Waals surface area contributed by atoms with Crippen LogP contribution in [-0.4, -0.2) is 11.1 Å². The van der Waals surface area contributed by atoms with Crippen LogP contribution < -0.4 is 0 Å². The van der Waals surface area contributed by atoms with Crippen LogP contribution in [0.4, 0.5) is 0 Å². The van der Waals surface area contributed by atoms with Crippen LogP contribution >= 0.6 is 0 Å². The molecule has 0 heterocycles. The van der Waals surface area contributed by atoms with E-state index in [2.05, 4.69) is 0 Å². The normalized spacial score (nSPS) is 37.7. The van der Waals surface area contributed by atoms with Crippen LogP contribution in [0.3, 0.4) is 0 Å². The molecule has 13 heavy (non-hydrogen) atoms. The van der Waals surface area contributed by atoms with Gasteiger partial charge in [0.1, 0.15) is 0 Å². The minimum atomic E-state index is -0.549. The van der Waals surface area contributed by atoms with Gasteiger partial charge >= 0.3 is 5.97 Å². The van der Waals surface area contributed by atoms with Crippen LogP contribution in [0.5, 0.6) is 0 Å². The Morgan fingerprint density at radius 2 is 1.62 bits per heavy atom. The van der Waals surface area contributed by atoms with Gasteiger partial charge in [-0.05, 0) is 55.8 Å². The molecule has 0 aromatic rings. The zero-order valence-corrected chi connectivity index (χ0v) is 7.88. The summed E-state index contributed by atoms with van der Waals surface area (Å²) in [5.74, 6) is -0.532. The van der Waals surface area contributed by atoms with Gasteiger partial charge in [0.2, 0.25) is 0 Å². The summed E-state index contributed by atoms with van der Waals surface area (Å²) in [6.07, 6.45) is 8.83. The van der Waals surface area contributed by atoms with E-state index in [0.717, 1.165) is 6.42 Å². The summed E-state index contributed by atoms with van der Waals surface area (Å²) in [4.78, 5) is 10.8. The molecule has 0 amide bonds. The summed E-state index contributed by atoms with van der Waals surface area (Å²) in [6.45, 7) is 0. The zero-order chi connectivity index (χ0) is 9.10. The topological polar surface area (TPSA) is 37.3 Å². The summed E-state index contributed by atoms with van der Waals surface area (Å²) in [5, 5.41) is 8.92. The van der Waals surface area contributed by atoms with E-state index in [1.807, 2.05) is 0 Å². The second kappa shape index (κ2) is 2.10. The van der Waals surface area contributed by atoms with E-state index in [4.69, 9.17) is 5.11 Å². The van der Waals surface area contributed by atoms with Crippen molar-refractivity contribution < 1.29 is 9.90 Å². The highest BCUT2D eigenvalue weighted by Crippen LogP contribution is 2.69. The van der Waals surface area contributed by atoms with Gasteiger partial charge in [-0.25, -0.2) is 0 Å². The van der Waals surface area contributed by atoms with Crippen LogP contribution in [0, 0.1) is 16.7 Å². The maximum Gasteiger partial charge on any atom is 0.307 e. The van der Waals surface area contributed by atoms with E-state index in [9.17, 15) is 4.79 Å². The molecule has 0 aliphatic heterocycles. The van der Waals surface area contributed by atoms with E-state index < -0.39 is 5.97 Å². The molecule has 2 nitrogen and oxygen atoms in total. The van der Waals surface area contributed by atoms with Gasteiger partial charge in [0.05, 0.1) is 5.92 Å². The van der Waals surface area contributed by atoms with Crippen molar-refractivity contribution in [1.82, 2.24) is 0 Å². The Hall–Kier alpha value is -0.530. The predicted molar refractivity (Wildman–Crippen MR) is 48.3 cm³/mol. The van der Waals surface area contributed by atoms with Crippen LogP contribution in [0.1, 0.15) is 44.9 Å². The monoisotopic (exact) mass is 180 g/mol. The minimum Gasteiger partial charge on any atom is -0.481 e. The molecule has 3 aliphatic carbocycles. The van der Waals surface area contributed by atoms with Gasteiger partial charge < -0.3 is 5.11 Å². The molecule has 2 heteroatoms. The first-order valence-electron chi connectivity index (χ1n) is 5.39. The van der Waals surface area contributed by atoms with Crippen molar-refractivity contribution in [3.63, 3.8) is 0 Å². The van der Waals surface area contributed by atoms with Crippen molar-refractivity contribution in [2.24, 2.45) is 16.7 Å². The summed E-state index contributed by atoms with van der Waals surface area (Å²) in [5.41, 5.74) is 0.969. The average Bonchev–Trinajstić information content (AvgIpc) is 2.92. The Kier molecular flexibility index (Phi) is 1.27. The fraction of sp³-hybridized carbons (Fsp3) is 0.909. The van der Waals surface area contributed by atoms with Crippen LogP contribution in [0.25, 0.3) is 0 Å². The number of carbonyl (C=O) groups is 1. The highest BCUT2D eigenvalue weighted by molar-refractivity contribution is 5.74. The molecule has 3 rings (SSSR count). The molecule has 3 saturated carbocycles. The van der Waals surface area contributed by atoms with Crippen molar-refractivity contribution in [2.75, 3.05) is 0 Å². The zero-order valence-electron chi connectivity index (χ0n) is 7.88. The SMILES string of the molecule is O=C(O)C1CC12CCC1(CC1)CC2. The van der Waals surface area contributed by atoms with Crippen LogP contribution in [0.15, 0.2) is 0 Å². The molecular weight excluding hydrogens is 164 g/mol. The number of aliphatic carboxylic acids is 1. The fourth-order valence-electron chi connectivity index (χ4n) is 3.20. The summed E-state index contributed by atoms with van der Waals surface area (Å²) in [6, 6.07) is 0. The first-order chi connectivity index (χ1) is 6.16. The molecule has 3 fully saturated rings. The first kappa shape index (κ1) is 7.84. The number of hydrogen-bond donors (Lipinski definition) is 1. The molecule has 0 bridgehead atoms. The quantitative estimate of drug-likeness (QED) is 0.673. The third kappa shape index (κ3) is 1.04. The third-order valence-corrected chi connectivity index (χ3v) is 4.75. The highest BCUT2D eigenvalue weighted by Gasteiger charge is 2.62. The molecule has 0 saturated heterocycles. The molecule has 1 N–H and O–H groups in total. The second-order valence-electron chi connectivity index (χ2n) is 5.46. The van der Waals surface area contributed by atoms with E-state index in [1.165, 1.54) is 38.5 Å². The Morgan fingerprint density at radius 3 is 2.00 bits per heavy atom. The molecule has 2 spiro atoms. The Balaban J connectivity index is 1.67. The van der Waals surface area contributed by atoms with Gasteiger partial charge in [-0.2, -0.15) is 0 Å². The molecule has 1 unspecified atom stereocenters. The molecule has 3 aliphatic rings. The van der Waals surface area contributed by atoms with Crippen LogP contribution in [0.2, 0.25) is 0 Å². The number of rotatable bonds is 1. The maximum atomic E-state index is 10.8. The van der Waals surface area contributed by atoms with Gasteiger partial charge in [0, 0.05) is 0 Å². The Morgan fingerprint density at radius 1 is 1.08 bits per heavy atom. The second-order valence-corrected chi connectivity index (χ2v) is 5.46. The van der Waals surface area contributed by atoms with E-state index in [1.54, 1.807) is 0 Å². The third-order valence-electron chi connectivity index (χ3n) is 4.75. The number of carboxylic acid groups (broad SMARTS) is 1. The predicted octanol–water partition coefficient (Wildman–Crippen LogP) is 2.43. The summed E-state index contributed by atoms with van der Waals surface area (Å²) in [7, 11) is 0. The van der Waals surface area contributed by atoms with Crippen molar-refractivity contribution in [2.45, 2.75) is 44.9 Å². The molecule has 0 aromatic carbocycles. The van der Waals surface area contributed by atoms with Crippen LogP contribution in [-0.2, 0) is 4.79 Å². The van der Waals surface area contributed by atoms with Crippen molar-refractivity contribution in [1.29, 1.82) is 0 Å². The Bertz CT molecular complexity index is 255. The smallest absolute Gasteiger partial charge is 0.307 e. The summed E-state index contributed by atoms with van der Waals surface area (Å²) >= 11 is 0. The lowest BCUT2D eigenvalue weighted by Gasteiger charge is -2.28. The van der Waals surface area contributed by atoms with Crippen molar-refractivity contribution in [3.05, 3.63) is 0 Å². The molecule has 1 atom stereocenters. The van der Waals surface area contributed by atoms with Gasteiger partial charge in [0.25, 0.3) is 0 Å². The number of carboxylic acids is 1. The fourth-order valence-corrected chi connectivity index (χ4v) is 3.20. The molecular formula is C11H16O2. The largest absolute Gasteiger partial charge is 0.481 e. The minimum absolute atomic E-state index is 0.0172. The molecule has 0 radical (unpaired) electrons. The molecule has 72 valence electrons. The lowest BCUT2D eigenvalue weighted by Crippen LogP contribution is -2.20. The lowest BCUT2D eigenvalue weighted by atomic mass is 9.76. The van der Waals surface area contributed by atoms with Crippen molar-refractivity contribution >= 4 is 5.97 Å². The van der Waals surface area contributed by atoms with Crippen molar-refractivity contribution in [3.8, 4) is 0 Å². The standard InChI is InChI=1S/C11H16O2/c12-9(13)8-7-11(8)5-3-10(1-2-10)4-6-11/h8H,1-7H2,(H,12,13). The average molecular weight is 180 g/mol. The van der Waals surface area contributed by atoms with E-state index in [-0.39, 0.29) is 11.3 Å². The first-order valence-corrected chi connectivity index (χ1v) is 5.39. The maximum absolute atomic E-state index is 10.8. The Labute approximate surface area is 78.3 Å². The lowest BCUT2D eigenvalue weighted by molar-refractivity contribution is -0.139. The van der Waals surface area contributed by atoms with E-state index >= 15 is 0 Å². The van der Waals surface area contributed by atoms with Gasteiger partial charge in [-0.1, -0.05) is 0 Å². The van der Waals surface area contributed by atoms with Gasteiger partial charge in [0.15, 0.2) is 0 Å². The highest BCUT2D eigenvalue weighted by atomic mass is 16.4. The number of hydrogen-bond acceptors (Lipinski definition) is 1. The summed E-state index contributed by atoms with van der Waals surface area (Å²) < 4.78 is 0. The van der Waals surface area contributed by atoms with Gasteiger partial charge in [-0.15, -0.1) is 0 Å². The molecule has 0 aromatic heterocycles.